The Kier molecular flexibility index (Phi) is 54.7. The summed E-state index contributed by atoms with van der Waals surface area (Å²) in [5.74, 6) is -0.525. The molecule has 0 spiro atoms. The van der Waals surface area contributed by atoms with E-state index in [0.717, 1.165) is 57.8 Å². The molecule has 0 aliphatic heterocycles. The highest BCUT2D eigenvalue weighted by Crippen LogP contribution is 2.38. The molecule has 444 valence electrons. The number of hydrogen-bond acceptors (Lipinski definition) is 7. The zero-order valence-corrected chi connectivity index (χ0v) is 51.7. The molecule has 0 heterocycles. The lowest BCUT2D eigenvalue weighted by Crippen LogP contribution is -2.47. The molecule has 0 radical (unpaired) electrons. The van der Waals surface area contributed by atoms with Gasteiger partial charge in [0, 0.05) is 12.8 Å². The van der Waals surface area contributed by atoms with E-state index < -0.39 is 20.0 Å². The summed E-state index contributed by atoms with van der Waals surface area (Å²) < 4.78 is 30.3. The van der Waals surface area contributed by atoms with Gasteiger partial charge in [-0.05, 0) is 57.4 Å². The average Bonchev–Trinajstić information content (AvgIpc) is 3.37. The van der Waals surface area contributed by atoms with Crippen LogP contribution in [-0.2, 0) is 27.9 Å². The highest BCUT2D eigenvalue weighted by Gasteiger charge is 2.27. The number of phosphoric ester groups is 1. The number of nitrogens with one attached hydrogen (secondary N) is 1. The van der Waals surface area contributed by atoms with Crippen LogP contribution >= 0.6 is 7.82 Å². The summed E-state index contributed by atoms with van der Waals surface area (Å²) in [6.45, 7) is 6.87. The lowest BCUT2D eigenvalue weighted by atomic mass is 10.0. The van der Waals surface area contributed by atoms with E-state index in [2.05, 4.69) is 38.2 Å². The van der Waals surface area contributed by atoms with E-state index in [-0.39, 0.29) is 31.5 Å². The molecule has 3 unspecified atom stereocenters. The van der Waals surface area contributed by atoms with Gasteiger partial charge in [0.25, 0.3) is 7.82 Å². The van der Waals surface area contributed by atoms with E-state index in [1.54, 1.807) is 0 Å². The number of unbranched alkanes of at least 4 members (excludes halogenated alkanes) is 42. The molecule has 0 saturated carbocycles. The molecule has 0 rings (SSSR count). The van der Waals surface area contributed by atoms with Crippen molar-refractivity contribution >= 4 is 19.7 Å². The minimum absolute atomic E-state index is 0.0181. The summed E-state index contributed by atoms with van der Waals surface area (Å²) in [5, 5.41) is 3.03. The van der Waals surface area contributed by atoms with Crippen molar-refractivity contribution in [1.82, 2.24) is 5.32 Å². The van der Waals surface area contributed by atoms with E-state index in [1.165, 1.54) is 238 Å². The summed E-state index contributed by atoms with van der Waals surface area (Å²) in [5.41, 5.74) is 0. The number of esters is 1. The van der Waals surface area contributed by atoms with Gasteiger partial charge < -0.3 is 28.5 Å². The molecular formula is C65H127N2O7P. The number of likely N-dealkylation sites (N-methyl/N-ethyl adjacent to an activating group) is 1. The summed E-state index contributed by atoms with van der Waals surface area (Å²) in [6.07, 6.45) is 65.9. The number of nitrogens with zero attached hydrogens (tertiary/aromatic N) is 1. The molecule has 0 aliphatic carbocycles. The zero-order valence-electron chi connectivity index (χ0n) is 50.8. The number of rotatable bonds is 60. The van der Waals surface area contributed by atoms with Crippen LogP contribution in [0.15, 0.2) is 24.3 Å². The SMILES string of the molecule is CCCCCCCC/C=C/CCCCCCCCCCCCCCCCCCCC(=O)NC(COP(=O)([O-])OCC[N+](C)(C)C)C(/C=C\CCCCCCCCCCC)OC(=O)CCCCCCCCCCCCC. The Labute approximate surface area is 466 Å². The van der Waals surface area contributed by atoms with Crippen LogP contribution < -0.4 is 10.2 Å². The topological polar surface area (TPSA) is 114 Å². The van der Waals surface area contributed by atoms with Crippen LogP contribution in [-0.4, -0.2) is 69.4 Å². The number of carbonyl (C=O) groups excluding carboxylic acids is 2. The van der Waals surface area contributed by atoms with Crippen LogP contribution in [0, 0.1) is 0 Å². The zero-order chi connectivity index (χ0) is 55.0. The molecule has 0 aliphatic rings. The van der Waals surface area contributed by atoms with Crippen molar-refractivity contribution in [2.75, 3.05) is 40.9 Å². The Bertz CT molecular complexity index is 1340. The maximum Gasteiger partial charge on any atom is 0.306 e. The number of quaternary nitrogens is 1. The molecule has 0 fully saturated rings. The molecule has 3 atom stereocenters. The molecule has 75 heavy (non-hydrogen) atoms. The highest BCUT2D eigenvalue weighted by atomic mass is 31.2. The van der Waals surface area contributed by atoms with Crippen LogP contribution in [0.5, 0.6) is 0 Å². The fourth-order valence-electron chi connectivity index (χ4n) is 9.81. The number of ether oxygens (including phenoxy) is 1. The van der Waals surface area contributed by atoms with Crippen molar-refractivity contribution in [3.8, 4) is 0 Å². The minimum atomic E-state index is -4.69. The van der Waals surface area contributed by atoms with Gasteiger partial charge in [0.2, 0.25) is 5.91 Å². The predicted octanol–water partition coefficient (Wildman–Crippen LogP) is 19.5. The molecule has 0 bridgehead atoms. The summed E-state index contributed by atoms with van der Waals surface area (Å²) in [4.78, 5) is 39.9. The Morgan fingerprint density at radius 2 is 0.773 bits per heavy atom. The Morgan fingerprint density at radius 3 is 1.13 bits per heavy atom. The van der Waals surface area contributed by atoms with Crippen LogP contribution in [0.3, 0.4) is 0 Å². The maximum absolute atomic E-state index is 13.5. The first kappa shape index (κ1) is 73.5. The van der Waals surface area contributed by atoms with Gasteiger partial charge in [-0.1, -0.05) is 283 Å². The van der Waals surface area contributed by atoms with Crippen LogP contribution in [0.2, 0.25) is 0 Å². The summed E-state index contributed by atoms with van der Waals surface area (Å²) in [7, 11) is 1.20. The molecule has 0 aromatic heterocycles. The van der Waals surface area contributed by atoms with Crippen molar-refractivity contribution in [3.63, 3.8) is 0 Å². The van der Waals surface area contributed by atoms with Gasteiger partial charge in [0.05, 0.1) is 33.8 Å². The molecule has 9 nitrogen and oxygen atoms in total. The van der Waals surface area contributed by atoms with Gasteiger partial charge in [0.1, 0.15) is 19.3 Å². The maximum atomic E-state index is 13.5. The van der Waals surface area contributed by atoms with Crippen molar-refractivity contribution < 1.29 is 37.3 Å². The van der Waals surface area contributed by atoms with Crippen molar-refractivity contribution in [2.24, 2.45) is 0 Å². The van der Waals surface area contributed by atoms with Gasteiger partial charge in [-0.2, -0.15) is 0 Å². The average molecular weight is 1080 g/mol. The molecular weight excluding hydrogens is 952 g/mol. The van der Waals surface area contributed by atoms with Gasteiger partial charge in [0.15, 0.2) is 0 Å². The first-order valence-electron chi connectivity index (χ1n) is 32.6. The van der Waals surface area contributed by atoms with Crippen molar-refractivity contribution in [1.29, 1.82) is 0 Å². The van der Waals surface area contributed by atoms with Crippen molar-refractivity contribution in [3.05, 3.63) is 24.3 Å². The lowest BCUT2D eigenvalue weighted by Gasteiger charge is -2.30. The second-order valence-corrected chi connectivity index (χ2v) is 25.0. The number of phosphoric acid groups is 1. The Hall–Kier alpha value is -1.51. The second kappa shape index (κ2) is 55.8. The van der Waals surface area contributed by atoms with Gasteiger partial charge in [-0.15, -0.1) is 0 Å². The Morgan fingerprint density at radius 1 is 0.453 bits per heavy atom. The second-order valence-electron chi connectivity index (χ2n) is 23.6. The standard InChI is InChI=1S/C65H127N2O7P/c1-7-10-13-16-19-22-25-26-27-28-29-30-31-32-33-34-35-36-37-38-39-40-43-45-48-51-54-57-64(68)66-62(61-73-75(70,71)72-60-59-67(4,5)6)63(56-53-50-47-44-41-23-20-17-14-11-8-2)74-65(69)58-55-52-49-46-42-24-21-18-15-12-9-3/h26-27,53,56,62-63H,7-25,28-52,54-55,57-61H2,1-6H3,(H-,66,68,70,71)/b27-26+,56-53-. The number of hydrogen-bond donors (Lipinski definition) is 1. The summed E-state index contributed by atoms with van der Waals surface area (Å²) >= 11 is 0. The van der Waals surface area contributed by atoms with Gasteiger partial charge in [-0.25, -0.2) is 0 Å². The normalized spacial score (nSPS) is 13.7. The smallest absolute Gasteiger partial charge is 0.306 e. The molecule has 0 aromatic carbocycles. The molecule has 1 N–H and O–H groups in total. The first-order valence-corrected chi connectivity index (χ1v) is 34.1. The first-order chi connectivity index (χ1) is 36.4. The molecule has 0 aromatic rings. The fraction of sp³-hybridized carbons (Fsp3) is 0.908. The third kappa shape index (κ3) is 57.0. The van der Waals surface area contributed by atoms with Gasteiger partial charge in [-0.3, -0.25) is 14.2 Å². The summed E-state index contributed by atoms with van der Waals surface area (Å²) in [6, 6.07) is -0.880. The molecule has 10 heteroatoms. The third-order valence-electron chi connectivity index (χ3n) is 14.9. The van der Waals surface area contributed by atoms with E-state index in [9.17, 15) is 19.0 Å². The monoisotopic (exact) mass is 1080 g/mol. The number of carbonyl (C=O) groups is 2. The van der Waals surface area contributed by atoms with Crippen LogP contribution in [0.25, 0.3) is 0 Å². The van der Waals surface area contributed by atoms with E-state index in [4.69, 9.17) is 13.8 Å². The largest absolute Gasteiger partial charge is 0.756 e. The quantitative estimate of drug-likeness (QED) is 0.0212. The van der Waals surface area contributed by atoms with E-state index in [0.29, 0.717) is 17.4 Å². The molecule has 1 amide bonds. The van der Waals surface area contributed by atoms with E-state index >= 15 is 0 Å². The van der Waals surface area contributed by atoms with Crippen LogP contribution in [0.1, 0.15) is 329 Å². The minimum Gasteiger partial charge on any atom is -0.756 e. The number of allylic oxidation sites excluding steroid dienone is 3. The molecule has 0 saturated heterocycles. The fourth-order valence-corrected chi connectivity index (χ4v) is 10.5. The van der Waals surface area contributed by atoms with E-state index in [1.807, 2.05) is 33.3 Å². The number of amides is 1. The van der Waals surface area contributed by atoms with Crippen molar-refractivity contribution in [2.45, 2.75) is 341 Å². The lowest BCUT2D eigenvalue weighted by molar-refractivity contribution is -0.870. The highest BCUT2D eigenvalue weighted by molar-refractivity contribution is 7.45. The predicted molar refractivity (Wildman–Crippen MR) is 321 cm³/mol. The van der Waals surface area contributed by atoms with Gasteiger partial charge >= 0.3 is 5.97 Å². The Balaban J connectivity index is 4.90. The third-order valence-corrected chi connectivity index (χ3v) is 15.8. The van der Waals surface area contributed by atoms with Crippen LogP contribution in [0.4, 0.5) is 0 Å².